The van der Waals surface area contributed by atoms with Gasteiger partial charge in [-0.1, -0.05) is 36.4 Å². The van der Waals surface area contributed by atoms with Crippen molar-refractivity contribution in [2.45, 2.75) is 0 Å². The zero-order valence-corrected chi connectivity index (χ0v) is 17.3. The van der Waals surface area contributed by atoms with Crippen molar-refractivity contribution < 1.29 is 33.4 Å². The van der Waals surface area contributed by atoms with Crippen molar-refractivity contribution in [3.63, 3.8) is 0 Å². The second-order valence-corrected chi connectivity index (χ2v) is 7.41. The molecule has 1 heterocycles. The molecular formula is C25H17NO7. The van der Waals surface area contributed by atoms with Gasteiger partial charge >= 0.3 is 5.97 Å². The first-order chi connectivity index (χ1) is 16.0. The first-order valence-electron chi connectivity index (χ1n) is 10.2. The summed E-state index contributed by atoms with van der Waals surface area (Å²) in [5.74, 6) is -1.04. The van der Waals surface area contributed by atoms with Gasteiger partial charge in [0.2, 0.25) is 0 Å². The molecule has 5 rings (SSSR count). The van der Waals surface area contributed by atoms with Crippen LogP contribution >= 0.6 is 0 Å². The summed E-state index contributed by atoms with van der Waals surface area (Å²) in [7, 11) is 0. The number of carbonyl (C=O) groups excluding carboxylic acids is 4. The summed E-state index contributed by atoms with van der Waals surface area (Å²) in [6.07, 6.45) is 0. The Balaban J connectivity index is 1.30. The molecule has 164 valence electrons. The van der Waals surface area contributed by atoms with Crippen molar-refractivity contribution >= 4 is 29.1 Å². The van der Waals surface area contributed by atoms with E-state index in [1.54, 1.807) is 42.5 Å². The SMILES string of the molecule is O=C(COC(=O)c1ccc2c(c1)OCCO2)Nc1cccc2c1C(=O)c1ccccc1C2=O. The highest BCUT2D eigenvalue weighted by molar-refractivity contribution is 6.30. The number of carbonyl (C=O) groups is 4. The lowest BCUT2D eigenvalue weighted by atomic mass is 9.83. The smallest absolute Gasteiger partial charge is 0.338 e. The van der Waals surface area contributed by atoms with Crippen molar-refractivity contribution in [3.8, 4) is 11.5 Å². The third-order valence-electron chi connectivity index (χ3n) is 5.34. The van der Waals surface area contributed by atoms with Crippen molar-refractivity contribution in [1.29, 1.82) is 0 Å². The third kappa shape index (κ3) is 3.71. The van der Waals surface area contributed by atoms with Gasteiger partial charge in [0.05, 0.1) is 16.8 Å². The average Bonchev–Trinajstić information content (AvgIpc) is 2.85. The molecule has 3 aromatic rings. The van der Waals surface area contributed by atoms with Crippen LogP contribution < -0.4 is 14.8 Å². The zero-order chi connectivity index (χ0) is 22.9. The lowest BCUT2D eigenvalue weighted by Gasteiger charge is -2.20. The van der Waals surface area contributed by atoms with Crippen LogP contribution in [-0.2, 0) is 9.53 Å². The molecule has 8 heteroatoms. The number of fused-ring (bicyclic) bond motifs is 3. The zero-order valence-electron chi connectivity index (χ0n) is 17.3. The number of rotatable bonds is 4. The Labute approximate surface area is 188 Å². The van der Waals surface area contributed by atoms with E-state index >= 15 is 0 Å². The van der Waals surface area contributed by atoms with Crippen LogP contribution in [0.3, 0.4) is 0 Å². The molecule has 0 atom stereocenters. The Morgan fingerprint density at radius 2 is 1.52 bits per heavy atom. The monoisotopic (exact) mass is 443 g/mol. The molecule has 1 aliphatic carbocycles. The molecule has 8 nitrogen and oxygen atoms in total. The van der Waals surface area contributed by atoms with Crippen molar-refractivity contribution in [2.24, 2.45) is 0 Å². The van der Waals surface area contributed by atoms with E-state index in [0.717, 1.165) is 0 Å². The quantitative estimate of drug-likeness (QED) is 0.483. The summed E-state index contributed by atoms with van der Waals surface area (Å²) in [4.78, 5) is 50.7. The van der Waals surface area contributed by atoms with Crippen LogP contribution in [0.15, 0.2) is 60.7 Å². The summed E-state index contributed by atoms with van der Waals surface area (Å²) < 4.78 is 16.0. The Bertz CT molecular complexity index is 1330. The number of hydrogen-bond acceptors (Lipinski definition) is 7. The van der Waals surface area contributed by atoms with E-state index in [2.05, 4.69) is 5.32 Å². The Morgan fingerprint density at radius 3 is 2.30 bits per heavy atom. The van der Waals surface area contributed by atoms with E-state index in [9.17, 15) is 19.2 Å². The number of benzene rings is 3. The molecule has 0 saturated carbocycles. The minimum Gasteiger partial charge on any atom is -0.486 e. The summed E-state index contributed by atoms with van der Waals surface area (Å²) in [6, 6.07) is 15.8. The molecule has 1 aliphatic heterocycles. The van der Waals surface area contributed by atoms with E-state index in [1.165, 1.54) is 18.2 Å². The lowest BCUT2D eigenvalue weighted by molar-refractivity contribution is -0.119. The normalized spacial score (nSPS) is 13.6. The minimum absolute atomic E-state index is 0.118. The maximum absolute atomic E-state index is 13.0. The first-order valence-corrected chi connectivity index (χ1v) is 10.2. The highest BCUT2D eigenvalue weighted by Gasteiger charge is 2.31. The van der Waals surface area contributed by atoms with Gasteiger partial charge in [0, 0.05) is 16.7 Å². The molecule has 0 radical (unpaired) electrons. The molecule has 3 aromatic carbocycles. The molecule has 0 spiro atoms. The Kier molecular flexibility index (Phi) is 5.10. The number of nitrogens with one attached hydrogen (secondary N) is 1. The van der Waals surface area contributed by atoms with E-state index in [1.807, 2.05) is 0 Å². The van der Waals surface area contributed by atoms with Gasteiger partial charge in [-0.15, -0.1) is 0 Å². The van der Waals surface area contributed by atoms with Gasteiger partial charge in [0.25, 0.3) is 5.91 Å². The van der Waals surface area contributed by atoms with Crippen LogP contribution in [0.5, 0.6) is 11.5 Å². The van der Waals surface area contributed by atoms with Gasteiger partial charge in [-0.2, -0.15) is 0 Å². The predicted molar refractivity (Wildman–Crippen MR) is 116 cm³/mol. The maximum Gasteiger partial charge on any atom is 0.338 e. The number of amides is 1. The third-order valence-corrected chi connectivity index (χ3v) is 5.34. The number of esters is 1. The van der Waals surface area contributed by atoms with Crippen LogP contribution in [0.25, 0.3) is 0 Å². The van der Waals surface area contributed by atoms with Crippen LogP contribution in [-0.4, -0.2) is 43.3 Å². The van der Waals surface area contributed by atoms with Gasteiger partial charge in [0.1, 0.15) is 13.2 Å². The average molecular weight is 443 g/mol. The fraction of sp³-hybridized carbons (Fsp3) is 0.120. The number of hydrogen-bond donors (Lipinski definition) is 1. The van der Waals surface area contributed by atoms with Crippen LogP contribution in [0.1, 0.15) is 42.2 Å². The number of anilines is 1. The van der Waals surface area contributed by atoms with Crippen molar-refractivity contribution in [2.75, 3.05) is 25.1 Å². The first kappa shape index (κ1) is 20.4. The van der Waals surface area contributed by atoms with Gasteiger partial charge < -0.3 is 19.5 Å². The van der Waals surface area contributed by atoms with Gasteiger partial charge in [-0.3, -0.25) is 14.4 Å². The van der Waals surface area contributed by atoms with Crippen LogP contribution in [0, 0.1) is 0 Å². The second kappa shape index (κ2) is 8.23. The molecule has 0 aromatic heterocycles. The predicted octanol–water partition coefficient (Wildman–Crippen LogP) is 3.03. The Hall–Kier alpha value is -4.46. The molecule has 2 aliphatic rings. The van der Waals surface area contributed by atoms with Crippen LogP contribution in [0.4, 0.5) is 5.69 Å². The number of ether oxygens (including phenoxy) is 3. The van der Waals surface area contributed by atoms with Gasteiger partial charge in [0.15, 0.2) is 29.7 Å². The second-order valence-electron chi connectivity index (χ2n) is 7.41. The maximum atomic E-state index is 13.0. The molecule has 0 saturated heterocycles. The standard InChI is InChI=1S/C25H17NO7/c27-21(13-33-25(30)14-8-9-19-20(12-14)32-11-10-31-19)26-18-7-3-6-17-22(18)24(29)16-5-2-1-4-15(16)23(17)28/h1-9,12H,10-11,13H2,(H,26,27). The highest BCUT2D eigenvalue weighted by Crippen LogP contribution is 2.32. The topological polar surface area (TPSA) is 108 Å². The molecule has 0 bridgehead atoms. The summed E-state index contributed by atoms with van der Waals surface area (Å²) in [5.41, 5.74) is 1.33. The molecule has 33 heavy (non-hydrogen) atoms. The van der Waals surface area contributed by atoms with Crippen LogP contribution in [0.2, 0.25) is 0 Å². The van der Waals surface area contributed by atoms with E-state index in [4.69, 9.17) is 14.2 Å². The van der Waals surface area contributed by atoms with Gasteiger partial charge in [-0.05, 0) is 24.3 Å². The summed E-state index contributed by atoms with van der Waals surface area (Å²) in [6.45, 7) is 0.233. The summed E-state index contributed by atoms with van der Waals surface area (Å²) >= 11 is 0. The molecule has 0 unspecified atom stereocenters. The number of ketones is 2. The van der Waals surface area contributed by atoms with E-state index in [0.29, 0.717) is 30.3 Å². The largest absolute Gasteiger partial charge is 0.486 e. The van der Waals surface area contributed by atoms with Crippen molar-refractivity contribution in [1.82, 2.24) is 0 Å². The Morgan fingerprint density at radius 1 is 0.818 bits per heavy atom. The minimum atomic E-state index is -0.711. The van der Waals surface area contributed by atoms with Crippen molar-refractivity contribution in [3.05, 3.63) is 88.5 Å². The summed E-state index contributed by atoms with van der Waals surface area (Å²) in [5, 5.41) is 2.57. The van der Waals surface area contributed by atoms with E-state index in [-0.39, 0.29) is 39.5 Å². The molecule has 0 fully saturated rings. The fourth-order valence-electron chi connectivity index (χ4n) is 3.82. The van der Waals surface area contributed by atoms with Gasteiger partial charge in [-0.25, -0.2) is 4.79 Å². The van der Waals surface area contributed by atoms with E-state index < -0.39 is 18.5 Å². The molecular weight excluding hydrogens is 426 g/mol. The lowest BCUT2D eigenvalue weighted by Crippen LogP contribution is -2.26. The molecule has 1 N–H and O–H groups in total. The highest BCUT2D eigenvalue weighted by atomic mass is 16.6. The molecule has 1 amide bonds. The fourth-order valence-corrected chi connectivity index (χ4v) is 3.82.